The summed E-state index contributed by atoms with van der Waals surface area (Å²) in [6, 6.07) is 110. The molecule has 424 valence electrons. The molecule has 16 aromatic rings. The molecule has 14 aromatic carbocycles. The fourth-order valence-corrected chi connectivity index (χ4v) is 12.8. The zero-order valence-electron chi connectivity index (χ0n) is 46.9. The molecule has 0 aliphatic carbocycles. The van der Waals surface area contributed by atoms with Gasteiger partial charge in [0.1, 0.15) is 22.3 Å². The highest BCUT2D eigenvalue weighted by atomic mass is 79.9. The lowest BCUT2D eigenvalue weighted by Gasteiger charge is -2.26. The van der Waals surface area contributed by atoms with Gasteiger partial charge in [-0.3, -0.25) is 0 Å². The standard InChI is InChI=1S/C40H26BrNO.C22H15NO.C18H12Br2.CH4/c41-31-13-7-11-29(23-31)35-15-3-4-16-36(35)30-12-8-14-32(25-30)42(33-20-19-27-9-1-2-10-28(27)24-33)34-21-22-40-38(26-34)37-17-5-6-18-39(37)43-40;1-2-6-16-13-17(10-9-15(16)5-1)23-18-11-12-22-20(14-18)19-7-3-4-8-21(19)24-22;19-15-7-3-5-13(11-15)17-9-1-2-10-18(17)14-6-4-8-16(20)12-14;/h1-26H;1-14,23H;1-12H;1H4. The SMILES string of the molecule is Brc1cccc(-c2ccccc2-c2cccc(Br)c2)c1.Brc1cccc(-c2ccccc2-c2cccc(N(c3ccc4ccccc4c3)c3ccc4oc5ccccc5c4c3)c2)c1.C.c1ccc2cc(Nc3ccc4oc5ccccc5c4c3)ccc2c1. The highest BCUT2D eigenvalue weighted by molar-refractivity contribution is 9.11. The summed E-state index contributed by atoms with van der Waals surface area (Å²) in [6.07, 6.45) is 0. The lowest BCUT2D eigenvalue weighted by molar-refractivity contribution is 0.668. The van der Waals surface area contributed by atoms with Crippen LogP contribution in [0.5, 0.6) is 0 Å². The van der Waals surface area contributed by atoms with Gasteiger partial charge in [0.05, 0.1) is 0 Å². The predicted molar refractivity (Wildman–Crippen MR) is 385 cm³/mol. The molecule has 2 heterocycles. The topological polar surface area (TPSA) is 41.6 Å². The Morgan fingerprint density at radius 2 is 0.614 bits per heavy atom. The molecule has 0 saturated carbocycles. The molecule has 0 saturated heterocycles. The van der Waals surface area contributed by atoms with Crippen molar-refractivity contribution in [2.24, 2.45) is 0 Å². The van der Waals surface area contributed by atoms with Crippen molar-refractivity contribution < 1.29 is 8.83 Å². The Morgan fingerprint density at radius 1 is 0.250 bits per heavy atom. The summed E-state index contributed by atoms with van der Waals surface area (Å²) in [4.78, 5) is 2.35. The molecule has 7 heteroatoms. The van der Waals surface area contributed by atoms with E-state index < -0.39 is 0 Å². The minimum Gasteiger partial charge on any atom is -0.456 e. The van der Waals surface area contributed by atoms with Gasteiger partial charge >= 0.3 is 0 Å². The van der Waals surface area contributed by atoms with Crippen LogP contribution >= 0.6 is 47.8 Å². The van der Waals surface area contributed by atoms with Gasteiger partial charge in [0.2, 0.25) is 0 Å². The predicted octanol–water partition coefficient (Wildman–Crippen LogP) is 26.0. The molecule has 4 nitrogen and oxygen atoms in total. The average Bonchev–Trinajstić information content (AvgIpc) is 2.84. The Labute approximate surface area is 537 Å². The maximum absolute atomic E-state index is 6.17. The van der Waals surface area contributed by atoms with Gasteiger partial charge < -0.3 is 19.1 Å². The Balaban J connectivity index is 0.000000134. The van der Waals surface area contributed by atoms with Crippen LogP contribution in [0, 0.1) is 0 Å². The van der Waals surface area contributed by atoms with Gasteiger partial charge in [0, 0.05) is 63.4 Å². The normalized spacial score (nSPS) is 11.0. The van der Waals surface area contributed by atoms with Crippen molar-refractivity contribution in [2.75, 3.05) is 10.2 Å². The van der Waals surface area contributed by atoms with Crippen LogP contribution in [-0.4, -0.2) is 0 Å². The van der Waals surface area contributed by atoms with Crippen LogP contribution in [0.2, 0.25) is 0 Å². The maximum Gasteiger partial charge on any atom is 0.135 e. The molecule has 0 unspecified atom stereocenters. The van der Waals surface area contributed by atoms with Crippen molar-refractivity contribution in [1.82, 2.24) is 0 Å². The van der Waals surface area contributed by atoms with Crippen LogP contribution in [0.4, 0.5) is 28.4 Å². The van der Waals surface area contributed by atoms with E-state index in [0.29, 0.717) is 0 Å². The number of hydrogen-bond donors (Lipinski definition) is 1. The molecular formula is C81H57Br3N2O2. The summed E-state index contributed by atoms with van der Waals surface area (Å²) in [6.45, 7) is 0. The van der Waals surface area contributed by atoms with Gasteiger partial charge in [0.25, 0.3) is 0 Å². The Morgan fingerprint density at radius 3 is 1.15 bits per heavy atom. The van der Waals surface area contributed by atoms with Crippen LogP contribution in [0.25, 0.3) is 110 Å². The number of hydrogen-bond acceptors (Lipinski definition) is 4. The first kappa shape index (κ1) is 57.3. The Hall–Kier alpha value is -9.76. The molecule has 88 heavy (non-hydrogen) atoms. The molecule has 2 aromatic heterocycles. The second-order valence-corrected chi connectivity index (χ2v) is 24.1. The van der Waals surface area contributed by atoms with Gasteiger partial charge in [-0.1, -0.05) is 249 Å². The van der Waals surface area contributed by atoms with Gasteiger partial charge in [-0.15, -0.1) is 0 Å². The lowest BCUT2D eigenvalue weighted by Crippen LogP contribution is -2.10. The minimum absolute atomic E-state index is 0. The number of para-hydroxylation sites is 2. The zero-order chi connectivity index (χ0) is 58.6. The highest BCUT2D eigenvalue weighted by Gasteiger charge is 2.18. The molecule has 0 fully saturated rings. The van der Waals surface area contributed by atoms with Crippen molar-refractivity contribution in [3.8, 4) is 44.5 Å². The quantitative estimate of drug-likeness (QED) is 0.156. The molecule has 0 atom stereocenters. The van der Waals surface area contributed by atoms with E-state index >= 15 is 0 Å². The fraction of sp³-hybridized carbons (Fsp3) is 0.0123. The number of benzene rings is 14. The highest BCUT2D eigenvalue weighted by Crippen LogP contribution is 2.43. The van der Waals surface area contributed by atoms with Crippen molar-refractivity contribution in [2.45, 2.75) is 7.43 Å². The summed E-state index contributed by atoms with van der Waals surface area (Å²) in [7, 11) is 0. The average molecular weight is 1330 g/mol. The number of nitrogens with one attached hydrogen (secondary N) is 1. The molecular weight excluding hydrogens is 1270 g/mol. The summed E-state index contributed by atoms with van der Waals surface area (Å²) in [5.41, 5.74) is 18.7. The van der Waals surface area contributed by atoms with Crippen molar-refractivity contribution in [1.29, 1.82) is 0 Å². The molecule has 0 radical (unpaired) electrons. The number of fused-ring (bicyclic) bond motifs is 8. The second-order valence-electron chi connectivity index (χ2n) is 21.3. The maximum atomic E-state index is 6.17. The third kappa shape index (κ3) is 12.2. The largest absolute Gasteiger partial charge is 0.456 e. The fourth-order valence-electron chi connectivity index (χ4n) is 11.6. The van der Waals surface area contributed by atoms with Gasteiger partial charge in [-0.25, -0.2) is 0 Å². The number of furan rings is 2. The summed E-state index contributed by atoms with van der Waals surface area (Å²) in [5, 5.41) is 12.9. The second kappa shape index (κ2) is 25.7. The van der Waals surface area contributed by atoms with E-state index in [4.69, 9.17) is 8.83 Å². The van der Waals surface area contributed by atoms with E-state index in [1.54, 1.807) is 0 Å². The van der Waals surface area contributed by atoms with Crippen molar-refractivity contribution in [3.63, 3.8) is 0 Å². The minimum atomic E-state index is 0. The Kier molecular flexibility index (Phi) is 16.7. The summed E-state index contributed by atoms with van der Waals surface area (Å²) >= 11 is 10.7. The van der Waals surface area contributed by atoms with Crippen LogP contribution in [0.15, 0.2) is 338 Å². The summed E-state index contributed by atoms with van der Waals surface area (Å²) in [5.74, 6) is 0. The molecule has 1 N–H and O–H groups in total. The molecule has 0 aliphatic rings. The van der Waals surface area contributed by atoms with Gasteiger partial charge in [0.15, 0.2) is 0 Å². The van der Waals surface area contributed by atoms with Crippen LogP contribution in [-0.2, 0) is 0 Å². The van der Waals surface area contributed by atoms with E-state index in [1.165, 1.54) is 60.5 Å². The van der Waals surface area contributed by atoms with E-state index in [1.807, 2.05) is 48.5 Å². The van der Waals surface area contributed by atoms with E-state index in [9.17, 15) is 0 Å². The monoisotopic (exact) mass is 1330 g/mol. The van der Waals surface area contributed by atoms with Crippen LogP contribution in [0.1, 0.15) is 7.43 Å². The molecule has 0 aliphatic heterocycles. The van der Waals surface area contributed by atoms with Crippen LogP contribution < -0.4 is 10.2 Å². The van der Waals surface area contributed by atoms with Gasteiger partial charge in [-0.05, 0) is 187 Å². The molecule has 0 spiro atoms. The smallest absolute Gasteiger partial charge is 0.135 e. The first-order valence-electron chi connectivity index (χ1n) is 28.8. The van der Waals surface area contributed by atoms with E-state index in [0.717, 1.165) is 91.3 Å². The Bertz CT molecular complexity index is 5120. The van der Waals surface area contributed by atoms with Crippen molar-refractivity contribution >= 4 is 142 Å². The first-order valence-corrected chi connectivity index (χ1v) is 31.1. The van der Waals surface area contributed by atoms with E-state index in [2.05, 4.69) is 325 Å². The molecule has 0 bridgehead atoms. The zero-order valence-corrected chi connectivity index (χ0v) is 51.7. The first-order chi connectivity index (χ1) is 42.8. The third-order valence-electron chi connectivity index (χ3n) is 15.7. The van der Waals surface area contributed by atoms with Gasteiger partial charge in [-0.2, -0.15) is 0 Å². The number of anilines is 5. The van der Waals surface area contributed by atoms with E-state index in [-0.39, 0.29) is 7.43 Å². The third-order valence-corrected chi connectivity index (χ3v) is 17.2. The number of nitrogens with zero attached hydrogens (tertiary/aromatic N) is 1. The number of rotatable bonds is 9. The number of halogens is 3. The lowest BCUT2D eigenvalue weighted by atomic mass is 9.94. The van der Waals surface area contributed by atoms with Crippen molar-refractivity contribution in [3.05, 3.63) is 329 Å². The molecule has 0 amide bonds. The summed E-state index contributed by atoms with van der Waals surface area (Å²) < 4.78 is 15.3. The van der Waals surface area contributed by atoms with Crippen LogP contribution in [0.3, 0.4) is 0 Å². The molecule has 16 rings (SSSR count).